The Hall–Kier alpha value is -3.92. The Kier molecular flexibility index (Phi) is 8.04. The summed E-state index contributed by atoms with van der Waals surface area (Å²) >= 11 is 13.7. The van der Waals surface area contributed by atoms with E-state index in [1.807, 2.05) is 26.0 Å². The molecule has 41 heavy (non-hydrogen) atoms. The van der Waals surface area contributed by atoms with Gasteiger partial charge < -0.3 is 14.4 Å². The standard InChI is InChI=1S/C30H25Cl2N3O5S/c1-4-34(5-2)28(37)25-16(3)33-30-35(26(25)17-6-9-19(31)10-7-17)27(36)24(41-30)15-20-11-13-23(40-20)21-14-18(29(38)39)8-12-22(21)32/h6-15,26H,4-5H2,1-3H3,(H,38,39)/b24-15+/t26-/m0/s1. The molecule has 0 radical (unpaired) electrons. The molecule has 0 saturated heterocycles. The van der Waals surface area contributed by atoms with E-state index in [2.05, 4.69) is 4.99 Å². The molecule has 1 aliphatic rings. The molecule has 2 aromatic carbocycles. The fraction of sp³-hybridized carbons (Fsp3) is 0.200. The van der Waals surface area contributed by atoms with Crippen molar-refractivity contribution in [3.63, 3.8) is 0 Å². The van der Waals surface area contributed by atoms with Gasteiger partial charge in [0.05, 0.1) is 32.4 Å². The number of aromatic carboxylic acids is 1. The average Bonchev–Trinajstić information content (AvgIpc) is 3.53. The van der Waals surface area contributed by atoms with Crippen molar-refractivity contribution >= 4 is 52.5 Å². The summed E-state index contributed by atoms with van der Waals surface area (Å²) in [5.41, 5.74) is 1.88. The summed E-state index contributed by atoms with van der Waals surface area (Å²) in [6.07, 6.45) is 1.60. The van der Waals surface area contributed by atoms with Gasteiger partial charge in [0.2, 0.25) is 0 Å². The molecule has 1 atom stereocenters. The average molecular weight is 611 g/mol. The highest BCUT2D eigenvalue weighted by Gasteiger charge is 2.34. The molecular formula is C30H25Cl2N3O5S. The lowest BCUT2D eigenvalue weighted by Crippen LogP contribution is -2.43. The van der Waals surface area contributed by atoms with E-state index in [9.17, 15) is 19.5 Å². The van der Waals surface area contributed by atoms with Crippen molar-refractivity contribution in [3.05, 3.63) is 112 Å². The zero-order valence-electron chi connectivity index (χ0n) is 22.4. The van der Waals surface area contributed by atoms with Gasteiger partial charge in [-0.25, -0.2) is 9.79 Å². The number of allylic oxidation sites excluding steroid dienone is 1. The molecule has 1 N–H and O–H groups in total. The maximum absolute atomic E-state index is 13.9. The van der Waals surface area contributed by atoms with Crippen LogP contribution < -0.4 is 14.9 Å². The summed E-state index contributed by atoms with van der Waals surface area (Å²) in [7, 11) is 0. The molecule has 0 aliphatic carbocycles. The van der Waals surface area contributed by atoms with Gasteiger partial charge in [0.25, 0.3) is 11.5 Å². The number of thiazole rings is 1. The second-order valence-electron chi connectivity index (χ2n) is 9.31. The molecular weight excluding hydrogens is 585 g/mol. The number of carboxylic acid groups (broad SMARTS) is 1. The largest absolute Gasteiger partial charge is 0.478 e. The number of benzene rings is 2. The van der Waals surface area contributed by atoms with Gasteiger partial charge in [0.1, 0.15) is 11.5 Å². The van der Waals surface area contributed by atoms with Crippen molar-refractivity contribution in [1.29, 1.82) is 0 Å². The smallest absolute Gasteiger partial charge is 0.335 e. The quantitative estimate of drug-likeness (QED) is 0.303. The van der Waals surface area contributed by atoms with Crippen LogP contribution in [0, 0.1) is 0 Å². The Morgan fingerprint density at radius 1 is 1.10 bits per heavy atom. The number of aromatic nitrogens is 1. The van der Waals surface area contributed by atoms with Gasteiger partial charge in [-0.05, 0) is 68.8 Å². The third-order valence-corrected chi connectivity index (χ3v) is 8.43. The molecule has 8 nitrogen and oxygen atoms in total. The number of hydrogen-bond donors (Lipinski definition) is 1. The predicted octanol–water partition coefficient (Wildman–Crippen LogP) is 5.37. The number of likely N-dealkylation sites (N-methyl/N-ethyl adjacent to an activating group) is 1. The van der Waals surface area contributed by atoms with E-state index in [0.717, 1.165) is 5.56 Å². The van der Waals surface area contributed by atoms with Crippen LogP contribution in [-0.2, 0) is 4.79 Å². The number of fused-ring (bicyclic) bond motifs is 1. The molecule has 210 valence electrons. The molecule has 2 aromatic heterocycles. The first-order valence-corrected chi connectivity index (χ1v) is 14.4. The van der Waals surface area contributed by atoms with Crippen molar-refractivity contribution in [1.82, 2.24) is 9.47 Å². The van der Waals surface area contributed by atoms with E-state index in [1.165, 1.54) is 29.5 Å². The number of furan rings is 1. The lowest BCUT2D eigenvalue weighted by Gasteiger charge is -2.29. The molecule has 1 aliphatic heterocycles. The number of nitrogens with zero attached hydrogens (tertiary/aromatic N) is 3. The molecule has 1 amide bonds. The lowest BCUT2D eigenvalue weighted by molar-refractivity contribution is -0.127. The minimum atomic E-state index is -1.08. The maximum Gasteiger partial charge on any atom is 0.335 e. The highest BCUT2D eigenvalue weighted by atomic mass is 35.5. The fourth-order valence-corrected chi connectivity index (χ4v) is 6.15. The van der Waals surface area contributed by atoms with Crippen LogP contribution in [0.5, 0.6) is 0 Å². The van der Waals surface area contributed by atoms with Crippen LogP contribution in [0.4, 0.5) is 0 Å². The van der Waals surface area contributed by atoms with Crippen molar-refractivity contribution < 1.29 is 19.1 Å². The first kappa shape index (κ1) is 28.6. The third-order valence-electron chi connectivity index (χ3n) is 6.87. The summed E-state index contributed by atoms with van der Waals surface area (Å²) in [6.45, 7) is 6.64. The van der Waals surface area contributed by atoms with Crippen LogP contribution in [0.2, 0.25) is 10.0 Å². The number of amides is 1. The van der Waals surface area contributed by atoms with E-state index in [0.29, 0.717) is 60.8 Å². The molecule has 0 bridgehead atoms. The molecule has 0 unspecified atom stereocenters. The summed E-state index contributed by atoms with van der Waals surface area (Å²) in [4.78, 5) is 45.8. The van der Waals surface area contributed by atoms with E-state index in [4.69, 9.17) is 27.6 Å². The first-order valence-electron chi connectivity index (χ1n) is 12.8. The zero-order valence-corrected chi connectivity index (χ0v) is 24.7. The van der Waals surface area contributed by atoms with Gasteiger partial charge in [-0.3, -0.25) is 14.2 Å². The molecule has 3 heterocycles. The zero-order chi connectivity index (χ0) is 29.4. The van der Waals surface area contributed by atoms with Crippen molar-refractivity contribution in [3.8, 4) is 11.3 Å². The van der Waals surface area contributed by atoms with Crippen LogP contribution in [0.25, 0.3) is 17.4 Å². The Morgan fingerprint density at radius 3 is 2.46 bits per heavy atom. The summed E-state index contributed by atoms with van der Waals surface area (Å²) < 4.78 is 7.85. The van der Waals surface area contributed by atoms with E-state index < -0.39 is 12.0 Å². The first-order chi connectivity index (χ1) is 19.6. The molecule has 11 heteroatoms. The lowest BCUT2D eigenvalue weighted by atomic mass is 9.94. The highest BCUT2D eigenvalue weighted by Crippen LogP contribution is 2.33. The summed E-state index contributed by atoms with van der Waals surface area (Å²) in [5, 5.41) is 10.2. The van der Waals surface area contributed by atoms with E-state index in [-0.39, 0.29) is 17.0 Å². The fourth-order valence-electron chi connectivity index (χ4n) is 4.79. The molecule has 0 saturated carbocycles. The Morgan fingerprint density at radius 2 is 1.80 bits per heavy atom. The van der Waals surface area contributed by atoms with Gasteiger partial charge in [0, 0.05) is 29.8 Å². The summed E-state index contributed by atoms with van der Waals surface area (Å²) in [5.74, 6) is -0.527. The van der Waals surface area contributed by atoms with Crippen molar-refractivity contribution in [2.45, 2.75) is 26.8 Å². The predicted molar refractivity (Wildman–Crippen MR) is 159 cm³/mol. The maximum atomic E-state index is 13.9. The topological polar surface area (TPSA) is 105 Å². The van der Waals surface area contributed by atoms with Gasteiger partial charge in [-0.2, -0.15) is 0 Å². The van der Waals surface area contributed by atoms with Crippen LogP contribution in [-0.4, -0.2) is 39.5 Å². The molecule has 4 aromatic rings. The van der Waals surface area contributed by atoms with Gasteiger partial charge in [-0.15, -0.1) is 0 Å². The highest BCUT2D eigenvalue weighted by molar-refractivity contribution is 7.07. The third kappa shape index (κ3) is 5.40. The van der Waals surface area contributed by atoms with Gasteiger partial charge in [-0.1, -0.05) is 46.7 Å². The number of carboxylic acids is 1. The van der Waals surface area contributed by atoms with Gasteiger partial charge >= 0.3 is 5.97 Å². The molecule has 5 rings (SSSR count). The minimum Gasteiger partial charge on any atom is -0.478 e. The number of carbonyl (C=O) groups is 2. The Balaban J connectivity index is 1.63. The van der Waals surface area contributed by atoms with Crippen LogP contribution in [0.3, 0.4) is 0 Å². The molecule has 0 fully saturated rings. The Bertz CT molecular complexity index is 1880. The van der Waals surface area contributed by atoms with E-state index in [1.54, 1.807) is 46.7 Å². The van der Waals surface area contributed by atoms with E-state index >= 15 is 0 Å². The van der Waals surface area contributed by atoms with Crippen molar-refractivity contribution in [2.75, 3.05) is 13.1 Å². The second-order valence-corrected chi connectivity index (χ2v) is 11.2. The number of halogens is 2. The van der Waals surface area contributed by atoms with Gasteiger partial charge in [0.15, 0.2) is 4.80 Å². The normalized spacial score (nSPS) is 15.0. The van der Waals surface area contributed by atoms with Crippen molar-refractivity contribution in [2.24, 2.45) is 4.99 Å². The molecule has 0 spiro atoms. The number of rotatable bonds is 7. The van der Waals surface area contributed by atoms with Crippen LogP contribution >= 0.6 is 34.5 Å². The monoisotopic (exact) mass is 609 g/mol. The SMILES string of the molecule is CCN(CC)C(=O)C1=C(C)N=c2s/c(=C/c3ccc(-c4cc(C(=O)O)ccc4Cl)o3)c(=O)n2[C@H]1c1ccc(Cl)cc1. The number of hydrogen-bond acceptors (Lipinski definition) is 6. The van der Waals surface area contributed by atoms with Crippen LogP contribution in [0.15, 0.2) is 80.1 Å². The number of carbonyl (C=O) groups excluding carboxylic acids is 1. The Labute approximate surface area is 249 Å². The summed E-state index contributed by atoms with van der Waals surface area (Å²) in [6, 6.07) is 14.1. The minimum absolute atomic E-state index is 0.0725. The second kappa shape index (κ2) is 11.5. The van der Waals surface area contributed by atoms with Crippen LogP contribution in [0.1, 0.15) is 48.5 Å².